The van der Waals surface area contributed by atoms with Crippen molar-refractivity contribution in [1.82, 2.24) is 4.98 Å². The summed E-state index contributed by atoms with van der Waals surface area (Å²) >= 11 is 4.79. The van der Waals surface area contributed by atoms with E-state index < -0.39 is 6.36 Å². The summed E-state index contributed by atoms with van der Waals surface area (Å²) in [6.07, 6.45) is -3.26. The second-order valence-electron chi connectivity index (χ2n) is 3.86. The predicted molar refractivity (Wildman–Crippen MR) is 73.3 cm³/mol. The molecule has 1 aromatic heterocycles. The molecule has 0 aliphatic heterocycles. The average molecular weight is 314 g/mol. The first-order valence-electron chi connectivity index (χ1n) is 5.63. The van der Waals surface area contributed by atoms with E-state index >= 15 is 0 Å². The molecule has 0 fully saturated rings. The molecule has 0 radical (unpaired) electrons. The maximum atomic E-state index is 12.0. The predicted octanol–water partition coefficient (Wildman–Crippen LogP) is 3.41. The van der Waals surface area contributed by atoms with Crippen LogP contribution in [0.2, 0.25) is 0 Å². The van der Waals surface area contributed by atoms with Crippen molar-refractivity contribution < 1.29 is 22.6 Å². The van der Waals surface area contributed by atoms with E-state index in [2.05, 4.69) is 9.72 Å². The zero-order valence-corrected chi connectivity index (χ0v) is 11.2. The van der Waals surface area contributed by atoms with Gasteiger partial charge in [0.05, 0.1) is 0 Å². The SMILES string of the molecule is NC(=S)c1cc(Oc2ccc(OC(F)(F)F)cc2)ccn1. The van der Waals surface area contributed by atoms with Crippen LogP contribution in [0.3, 0.4) is 0 Å². The van der Waals surface area contributed by atoms with Crippen molar-refractivity contribution in [2.24, 2.45) is 5.73 Å². The Labute approximate surface area is 123 Å². The number of halogens is 3. The van der Waals surface area contributed by atoms with E-state index in [4.69, 9.17) is 22.7 Å². The lowest BCUT2D eigenvalue weighted by molar-refractivity contribution is -0.274. The molecule has 21 heavy (non-hydrogen) atoms. The maximum absolute atomic E-state index is 12.0. The first-order chi connectivity index (χ1) is 9.83. The summed E-state index contributed by atoms with van der Waals surface area (Å²) in [5.74, 6) is 0.426. The summed E-state index contributed by atoms with van der Waals surface area (Å²) in [5, 5.41) is 0. The molecular formula is C13H9F3N2O2S. The topological polar surface area (TPSA) is 57.4 Å². The summed E-state index contributed by atoms with van der Waals surface area (Å²) in [6.45, 7) is 0. The van der Waals surface area contributed by atoms with Gasteiger partial charge in [0.15, 0.2) is 0 Å². The molecule has 0 amide bonds. The molecule has 110 valence electrons. The lowest BCUT2D eigenvalue weighted by Crippen LogP contribution is -2.16. The fourth-order valence-corrected chi connectivity index (χ4v) is 1.57. The van der Waals surface area contributed by atoms with E-state index in [1.807, 2.05) is 0 Å². The van der Waals surface area contributed by atoms with E-state index in [1.54, 1.807) is 6.07 Å². The summed E-state index contributed by atoms with van der Waals surface area (Å²) in [7, 11) is 0. The van der Waals surface area contributed by atoms with Crippen LogP contribution in [0.25, 0.3) is 0 Å². The van der Waals surface area contributed by atoms with Crippen LogP contribution >= 0.6 is 12.2 Å². The van der Waals surface area contributed by atoms with Gasteiger partial charge in [-0.15, -0.1) is 13.2 Å². The van der Waals surface area contributed by atoms with Crippen molar-refractivity contribution >= 4 is 17.2 Å². The molecule has 1 aromatic carbocycles. The number of benzene rings is 1. The Morgan fingerprint density at radius 3 is 2.24 bits per heavy atom. The van der Waals surface area contributed by atoms with Gasteiger partial charge in [0.1, 0.15) is 27.9 Å². The van der Waals surface area contributed by atoms with Gasteiger partial charge in [-0.05, 0) is 30.3 Å². The minimum atomic E-state index is -4.72. The van der Waals surface area contributed by atoms with Crippen LogP contribution in [-0.2, 0) is 0 Å². The highest BCUT2D eigenvalue weighted by molar-refractivity contribution is 7.80. The number of nitrogens with two attached hydrogens (primary N) is 1. The number of hydrogen-bond acceptors (Lipinski definition) is 4. The van der Waals surface area contributed by atoms with Gasteiger partial charge in [0.25, 0.3) is 0 Å². The molecule has 0 atom stereocenters. The van der Waals surface area contributed by atoms with E-state index in [9.17, 15) is 13.2 Å². The van der Waals surface area contributed by atoms with Crippen LogP contribution in [-0.4, -0.2) is 16.3 Å². The quantitative estimate of drug-likeness (QED) is 0.877. The lowest BCUT2D eigenvalue weighted by atomic mass is 10.3. The Bertz CT molecular complexity index is 645. The lowest BCUT2D eigenvalue weighted by Gasteiger charge is -2.10. The number of rotatable bonds is 4. The average Bonchev–Trinajstić information content (AvgIpc) is 2.40. The van der Waals surface area contributed by atoms with Gasteiger partial charge in [0.2, 0.25) is 0 Å². The standard InChI is InChI=1S/C13H9F3N2O2S/c14-13(15,16)20-9-3-1-8(2-4-9)19-10-5-6-18-11(7-10)12(17)21/h1-7H,(H2,17,21). The highest BCUT2D eigenvalue weighted by atomic mass is 32.1. The number of ether oxygens (including phenoxy) is 2. The molecule has 0 unspecified atom stereocenters. The second-order valence-corrected chi connectivity index (χ2v) is 4.30. The van der Waals surface area contributed by atoms with Crippen molar-refractivity contribution in [1.29, 1.82) is 0 Å². The van der Waals surface area contributed by atoms with Crippen LogP contribution in [0.1, 0.15) is 5.69 Å². The first-order valence-corrected chi connectivity index (χ1v) is 6.04. The fourth-order valence-electron chi connectivity index (χ4n) is 1.45. The molecule has 0 spiro atoms. The molecule has 2 aromatic rings. The van der Waals surface area contributed by atoms with Crippen molar-refractivity contribution in [2.75, 3.05) is 0 Å². The Balaban J connectivity index is 2.10. The number of aromatic nitrogens is 1. The van der Waals surface area contributed by atoms with E-state index in [-0.39, 0.29) is 10.7 Å². The number of pyridine rings is 1. The summed E-state index contributed by atoms with van der Waals surface area (Å²) in [5.41, 5.74) is 5.83. The van der Waals surface area contributed by atoms with Gasteiger partial charge in [-0.25, -0.2) is 0 Å². The van der Waals surface area contributed by atoms with Crippen molar-refractivity contribution in [3.63, 3.8) is 0 Å². The fraction of sp³-hybridized carbons (Fsp3) is 0.0769. The monoisotopic (exact) mass is 314 g/mol. The third-order valence-corrected chi connectivity index (χ3v) is 2.49. The van der Waals surface area contributed by atoms with E-state index in [1.165, 1.54) is 24.4 Å². The van der Waals surface area contributed by atoms with Crippen molar-refractivity contribution in [3.05, 3.63) is 48.3 Å². The second kappa shape index (κ2) is 5.96. The van der Waals surface area contributed by atoms with Crippen LogP contribution in [0.15, 0.2) is 42.6 Å². The van der Waals surface area contributed by atoms with Crippen molar-refractivity contribution in [3.8, 4) is 17.2 Å². The molecular weight excluding hydrogens is 305 g/mol. The summed E-state index contributed by atoms with van der Waals surface area (Å²) < 4.78 is 45.3. The van der Waals surface area contributed by atoms with E-state index in [0.717, 1.165) is 12.1 Å². The summed E-state index contributed by atoms with van der Waals surface area (Å²) in [6, 6.07) is 8.10. The molecule has 1 heterocycles. The highest BCUT2D eigenvalue weighted by Crippen LogP contribution is 2.27. The molecule has 0 bridgehead atoms. The highest BCUT2D eigenvalue weighted by Gasteiger charge is 2.30. The molecule has 0 saturated heterocycles. The van der Waals surface area contributed by atoms with Gasteiger partial charge in [0, 0.05) is 12.3 Å². The molecule has 0 aliphatic rings. The molecule has 2 N–H and O–H groups in total. The third-order valence-electron chi connectivity index (χ3n) is 2.28. The van der Waals surface area contributed by atoms with Crippen LogP contribution < -0.4 is 15.2 Å². The largest absolute Gasteiger partial charge is 0.573 e. The summed E-state index contributed by atoms with van der Waals surface area (Å²) in [4.78, 5) is 4.06. The van der Waals surface area contributed by atoms with Crippen LogP contribution in [0.4, 0.5) is 13.2 Å². The smallest absolute Gasteiger partial charge is 0.457 e. The Morgan fingerprint density at radius 1 is 1.05 bits per heavy atom. The zero-order chi connectivity index (χ0) is 15.5. The minimum Gasteiger partial charge on any atom is -0.457 e. The van der Waals surface area contributed by atoms with Crippen LogP contribution in [0.5, 0.6) is 17.2 Å². The van der Waals surface area contributed by atoms with Gasteiger partial charge in [-0.1, -0.05) is 12.2 Å². The van der Waals surface area contributed by atoms with Gasteiger partial charge in [-0.2, -0.15) is 0 Å². The van der Waals surface area contributed by atoms with Gasteiger partial charge in [-0.3, -0.25) is 4.98 Å². The number of hydrogen-bond donors (Lipinski definition) is 1. The Hall–Kier alpha value is -2.35. The maximum Gasteiger partial charge on any atom is 0.573 e. The van der Waals surface area contributed by atoms with Crippen molar-refractivity contribution in [2.45, 2.75) is 6.36 Å². The van der Waals surface area contributed by atoms with Crippen LogP contribution in [0, 0.1) is 0 Å². The third kappa shape index (κ3) is 4.60. The van der Waals surface area contributed by atoms with E-state index in [0.29, 0.717) is 17.2 Å². The minimum absolute atomic E-state index is 0.120. The van der Waals surface area contributed by atoms with Gasteiger partial charge < -0.3 is 15.2 Å². The molecule has 8 heteroatoms. The van der Waals surface area contributed by atoms with Gasteiger partial charge >= 0.3 is 6.36 Å². The number of nitrogens with zero attached hydrogens (tertiary/aromatic N) is 1. The number of alkyl halides is 3. The Kier molecular flexibility index (Phi) is 4.27. The zero-order valence-electron chi connectivity index (χ0n) is 10.4. The molecule has 0 aliphatic carbocycles. The molecule has 0 saturated carbocycles. The number of thiocarbonyl (C=S) groups is 1. The first kappa shape index (κ1) is 15.0. The molecule has 2 rings (SSSR count). The Morgan fingerprint density at radius 2 is 1.67 bits per heavy atom. The molecule has 4 nitrogen and oxygen atoms in total. The normalized spacial score (nSPS) is 11.0.